The molecule has 6 nitrogen and oxygen atoms in total. The molecule has 1 atom stereocenters. The van der Waals surface area contributed by atoms with E-state index in [4.69, 9.17) is 0 Å². The van der Waals surface area contributed by atoms with E-state index < -0.39 is 0 Å². The third-order valence-corrected chi connectivity index (χ3v) is 5.74. The Hall–Kier alpha value is -2.54. The van der Waals surface area contributed by atoms with Crippen LogP contribution in [0.25, 0.3) is 11.3 Å². The van der Waals surface area contributed by atoms with Crippen molar-refractivity contribution in [1.29, 1.82) is 0 Å². The van der Waals surface area contributed by atoms with E-state index in [1.807, 2.05) is 37.3 Å². The number of nitrogens with one attached hydrogen (secondary N) is 1. The van der Waals surface area contributed by atoms with Crippen molar-refractivity contribution in [1.82, 2.24) is 9.88 Å². The number of rotatable bonds is 5. The van der Waals surface area contributed by atoms with Gasteiger partial charge in [-0.15, -0.1) is 0 Å². The fourth-order valence-electron chi connectivity index (χ4n) is 3.25. The molecular weight excluding hydrogens is 362 g/mol. The molecule has 27 heavy (non-hydrogen) atoms. The Kier molecular flexibility index (Phi) is 6.01. The SMILES string of the molecule is CCC(=O)N1CCC[C@@H](C(=O)Nc2nc(-c3ccccc3)c(C(C)=O)s2)C1. The maximum Gasteiger partial charge on any atom is 0.231 e. The van der Waals surface area contributed by atoms with Crippen molar-refractivity contribution in [2.24, 2.45) is 5.92 Å². The van der Waals surface area contributed by atoms with E-state index >= 15 is 0 Å². The number of piperidine rings is 1. The number of carbonyl (C=O) groups is 3. The summed E-state index contributed by atoms with van der Waals surface area (Å²) in [6.45, 7) is 4.48. The number of hydrogen-bond acceptors (Lipinski definition) is 5. The Morgan fingerprint density at radius 1 is 1.26 bits per heavy atom. The molecule has 0 unspecified atom stereocenters. The second-order valence-electron chi connectivity index (χ2n) is 6.64. The number of nitrogens with zero attached hydrogens (tertiary/aromatic N) is 2. The molecule has 0 saturated carbocycles. The number of carbonyl (C=O) groups excluding carboxylic acids is 3. The third kappa shape index (κ3) is 4.42. The number of ketones is 1. The quantitative estimate of drug-likeness (QED) is 0.798. The lowest BCUT2D eigenvalue weighted by atomic mass is 9.97. The van der Waals surface area contributed by atoms with Crippen molar-refractivity contribution in [2.75, 3.05) is 18.4 Å². The zero-order chi connectivity index (χ0) is 19.4. The third-order valence-electron chi connectivity index (χ3n) is 4.67. The molecule has 0 aliphatic carbocycles. The summed E-state index contributed by atoms with van der Waals surface area (Å²) in [5.41, 5.74) is 1.44. The molecule has 142 valence electrons. The normalized spacial score (nSPS) is 16.8. The zero-order valence-electron chi connectivity index (χ0n) is 15.5. The van der Waals surface area contributed by atoms with Gasteiger partial charge in [-0.1, -0.05) is 48.6 Å². The topological polar surface area (TPSA) is 79.4 Å². The van der Waals surface area contributed by atoms with E-state index in [9.17, 15) is 14.4 Å². The average molecular weight is 385 g/mol. The summed E-state index contributed by atoms with van der Waals surface area (Å²) in [4.78, 5) is 43.4. The first-order valence-electron chi connectivity index (χ1n) is 9.15. The number of benzene rings is 1. The van der Waals surface area contributed by atoms with Gasteiger partial charge in [0, 0.05) is 32.0 Å². The van der Waals surface area contributed by atoms with Crippen LogP contribution in [-0.4, -0.2) is 40.6 Å². The van der Waals surface area contributed by atoms with Crippen LogP contribution in [0.3, 0.4) is 0 Å². The number of amides is 2. The minimum absolute atomic E-state index is 0.0759. The molecule has 0 radical (unpaired) electrons. The van der Waals surface area contributed by atoms with Gasteiger partial charge in [0.05, 0.1) is 16.5 Å². The van der Waals surface area contributed by atoms with Gasteiger partial charge in [0.2, 0.25) is 11.8 Å². The molecule has 1 fully saturated rings. The Bertz CT molecular complexity index is 847. The van der Waals surface area contributed by atoms with E-state index in [1.54, 1.807) is 4.90 Å². The molecule has 1 N–H and O–H groups in total. The van der Waals surface area contributed by atoms with E-state index in [0.29, 0.717) is 35.2 Å². The van der Waals surface area contributed by atoms with E-state index in [0.717, 1.165) is 18.4 Å². The van der Waals surface area contributed by atoms with Crippen molar-refractivity contribution in [3.05, 3.63) is 35.2 Å². The molecule has 3 rings (SSSR count). The maximum atomic E-state index is 12.7. The van der Waals surface area contributed by atoms with Crippen LogP contribution in [-0.2, 0) is 9.59 Å². The second-order valence-corrected chi connectivity index (χ2v) is 7.64. The molecule has 1 aliphatic rings. The summed E-state index contributed by atoms with van der Waals surface area (Å²) >= 11 is 1.19. The first-order chi connectivity index (χ1) is 13.0. The van der Waals surface area contributed by atoms with Gasteiger partial charge in [-0.3, -0.25) is 14.4 Å². The average Bonchev–Trinajstić information content (AvgIpc) is 3.12. The first-order valence-corrected chi connectivity index (χ1v) is 9.97. The molecule has 0 bridgehead atoms. The first kappa shape index (κ1) is 19.2. The van der Waals surface area contributed by atoms with E-state index in [2.05, 4.69) is 10.3 Å². The van der Waals surface area contributed by atoms with Crippen LogP contribution >= 0.6 is 11.3 Å². The molecule has 7 heteroatoms. The van der Waals surface area contributed by atoms with Gasteiger partial charge >= 0.3 is 0 Å². The van der Waals surface area contributed by atoms with Crippen molar-refractivity contribution in [3.63, 3.8) is 0 Å². The monoisotopic (exact) mass is 385 g/mol. The van der Waals surface area contributed by atoms with Crippen molar-refractivity contribution >= 4 is 34.1 Å². The van der Waals surface area contributed by atoms with Gasteiger partial charge in [0.15, 0.2) is 10.9 Å². The number of likely N-dealkylation sites (tertiary alicyclic amines) is 1. The van der Waals surface area contributed by atoms with Crippen LogP contribution in [0.15, 0.2) is 30.3 Å². The summed E-state index contributed by atoms with van der Waals surface area (Å²) in [7, 11) is 0. The van der Waals surface area contributed by atoms with Crippen LogP contribution in [0.1, 0.15) is 42.8 Å². The highest BCUT2D eigenvalue weighted by molar-refractivity contribution is 7.18. The number of hydrogen-bond donors (Lipinski definition) is 1. The molecule has 1 aromatic heterocycles. The lowest BCUT2D eigenvalue weighted by Gasteiger charge is -2.31. The van der Waals surface area contributed by atoms with Crippen LogP contribution in [0.2, 0.25) is 0 Å². The van der Waals surface area contributed by atoms with Crippen molar-refractivity contribution < 1.29 is 14.4 Å². The Labute approximate surface area is 162 Å². The lowest BCUT2D eigenvalue weighted by molar-refractivity contribution is -0.134. The molecule has 2 heterocycles. The summed E-state index contributed by atoms with van der Waals surface area (Å²) in [5.74, 6) is -0.401. The summed E-state index contributed by atoms with van der Waals surface area (Å²) in [6, 6.07) is 9.46. The number of anilines is 1. The van der Waals surface area contributed by atoms with Gasteiger partial charge in [0.1, 0.15) is 0 Å². The van der Waals surface area contributed by atoms with Crippen LogP contribution in [0.4, 0.5) is 5.13 Å². The standard InChI is InChI=1S/C20H23N3O3S/c1-3-16(25)23-11-7-10-15(12-23)19(26)22-20-21-17(18(27-20)13(2)24)14-8-5-4-6-9-14/h4-6,8-9,15H,3,7,10-12H2,1-2H3,(H,21,22,26)/t15-/m1/s1. The summed E-state index contributed by atoms with van der Waals surface area (Å²) < 4.78 is 0. The minimum atomic E-state index is -0.251. The van der Waals surface area contributed by atoms with Gasteiger partial charge < -0.3 is 10.2 Å². The molecule has 2 amide bonds. The lowest BCUT2D eigenvalue weighted by Crippen LogP contribution is -2.43. The molecule has 1 aliphatic heterocycles. The molecule has 0 spiro atoms. The van der Waals surface area contributed by atoms with Gasteiger partial charge in [-0.05, 0) is 12.8 Å². The fourth-order valence-corrected chi connectivity index (χ4v) is 4.14. The fraction of sp³-hybridized carbons (Fsp3) is 0.400. The highest BCUT2D eigenvalue weighted by Crippen LogP contribution is 2.32. The van der Waals surface area contributed by atoms with E-state index in [-0.39, 0.29) is 23.5 Å². The highest BCUT2D eigenvalue weighted by atomic mass is 32.1. The summed E-state index contributed by atoms with van der Waals surface area (Å²) in [5, 5.41) is 3.27. The summed E-state index contributed by atoms with van der Waals surface area (Å²) in [6.07, 6.45) is 2.01. The van der Waals surface area contributed by atoms with Crippen molar-refractivity contribution in [3.8, 4) is 11.3 Å². The van der Waals surface area contributed by atoms with E-state index in [1.165, 1.54) is 18.3 Å². The van der Waals surface area contributed by atoms with Gasteiger partial charge in [0.25, 0.3) is 0 Å². The number of Topliss-reactive ketones (excluding diaryl/α,β-unsaturated/α-hetero) is 1. The second kappa shape index (κ2) is 8.43. The van der Waals surface area contributed by atoms with Crippen LogP contribution in [0, 0.1) is 5.92 Å². The van der Waals surface area contributed by atoms with Crippen LogP contribution < -0.4 is 5.32 Å². The Morgan fingerprint density at radius 2 is 2.00 bits per heavy atom. The Balaban J connectivity index is 1.76. The highest BCUT2D eigenvalue weighted by Gasteiger charge is 2.28. The number of aromatic nitrogens is 1. The smallest absolute Gasteiger partial charge is 0.231 e. The van der Waals surface area contributed by atoms with Gasteiger partial charge in [-0.2, -0.15) is 0 Å². The molecule has 1 saturated heterocycles. The largest absolute Gasteiger partial charge is 0.342 e. The predicted octanol–water partition coefficient (Wildman–Crippen LogP) is 3.60. The van der Waals surface area contributed by atoms with Crippen LogP contribution in [0.5, 0.6) is 0 Å². The molecule has 2 aromatic rings. The Morgan fingerprint density at radius 3 is 2.67 bits per heavy atom. The number of thiazole rings is 1. The van der Waals surface area contributed by atoms with Gasteiger partial charge in [-0.25, -0.2) is 4.98 Å². The predicted molar refractivity (Wildman–Crippen MR) is 106 cm³/mol. The zero-order valence-corrected chi connectivity index (χ0v) is 16.3. The minimum Gasteiger partial charge on any atom is -0.342 e. The molecule has 1 aromatic carbocycles. The maximum absolute atomic E-state index is 12.7. The molecular formula is C20H23N3O3S. The van der Waals surface area contributed by atoms with Crippen molar-refractivity contribution in [2.45, 2.75) is 33.1 Å².